The average molecular weight is 1360 g/mol. The molecule has 1 spiro atoms. The van der Waals surface area contributed by atoms with E-state index in [0.29, 0.717) is 30.6 Å². The number of aliphatic hydroxyl groups excluding tert-OH is 3. The third kappa shape index (κ3) is 14.1. The molecule has 26 heteroatoms. The van der Waals surface area contributed by atoms with E-state index in [2.05, 4.69) is 19.9 Å². The molecule has 0 bridgehead atoms. The molecule has 3 saturated carbocycles. The predicted octanol–water partition coefficient (Wildman–Crippen LogP) is 5.50. The van der Waals surface area contributed by atoms with E-state index in [9.17, 15) is 25.2 Å². The lowest BCUT2D eigenvalue weighted by molar-refractivity contribution is -0.447. The highest BCUT2D eigenvalue weighted by atomic mass is 16.9. The van der Waals surface area contributed by atoms with Gasteiger partial charge in [0.25, 0.3) is 11.8 Å². The standard InChI is InChI=1S/C69H110O26/c1-32-24-46(75-11)56(72)64(82-32)89-41-18-21-66(9)40(25-41)16-17-42-43(66)19-22-67(10)44(42)20-23-68(67,74)39(8)88-52-29-49-62(37(6)86-52)95-69(81-31-80-49)30-50(78-14)61(38(7)94-69)91-51-26-45(70)58(34(3)83-51)90-53-27-47(76-12)59(35(4)84-53)92-54-28-48(77-13)60(36(5)85-54)93-65-57(73)63(79-15)55(71)33(2)87-65/h16,24,32-39,41-45,47-55,57-65,70-71,73-74H,17-23,25-31H2,1-15H3/t32-,33-,34-,35-,36-,37-,38-,39+,41+,42-,43+,44+,45+,47+,48+,49-,50-,51+,52+,53+,54+,55+,57-,58-,59-,60-,61-,62-,63+,64+,65+,66+,67+,68+,69-/m1/s1. The van der Waals surface area contributed by atoms with E-state index in [1.165, 1.54) is 19.8 Å². The Morgan fingerprint density at radius 1 is 0.600 bits per heavy atom. The number of methoxy groups -OCH3 is 5. The lowest BCUT2D eigenvalue weighted by Gasteiger charge is -2.59. The summed E-state index contributed by atoms with van der Waals surface area (Å²) >= 11 is 0. The summed E-state index contributed by atoms with van der Waals surface area (Å²) < 4.78 is 132. The van der Waals surface area contributed by atoms with Gasteiger partial charge in [-0.2, -0.15) is 0 Å². The zero-order valence-electron chi connectivity index (χ0n) is 58.2. The molecule has 26 nitrogen and oxygen atoms in total. The highest BCUT2D eigenvalue weighted by Gasteiger charge is 2.66. The van der Waals surface area contributed by atoms with Crippen LogP contribution in [0.1, 0.15) is 153 Å². The number of carbonyl (C=O) groups excluding carboxylic acids is 1. The van der Waals surface area contributed by atoms with Gasteiger partial charge in [0.15, 0.2) is 44.0 Å². The van der Waals surface area contributed by atoms with Gasteiger partial charge in [-0.1, -0.05) is 25.5 Å². The quantitative estimate of drug-likeness (QED) is 0.123. The van der Waals surface area contributed by atoms with Crippen molar-refractivity contribution < 1.29 is 125 Å². The molecule has 4 N–H and O–H groups in total. The van der Waals surface area contributed by atoms with Crippen molar-refractivity contribution in [1.82, 2.24) is 0 Å². The van der Waals surface area contributed by atoms with E-state index in [-0.39, 0.29) is 67.1 Å². The maximum Gasteiger partial charge on any atom is 0.288 e. The third-order valence-corrected chi connectivity index (χ3v) is 24.2. The van der Waals surface area contributed by atoms with E-state index in [0.717, 1.165) is 44.9 Å². The molecule has 0 aromatic heterocycles. The van der Waals surface area contributed by atoms with Gasteiger partial charge in [-0.15, -0.1) is 0 Å². The normalized spacial score (nSPS) is 52.3. The maximum atomic E-state index is 13.1. The Kier molecular flexibility index (Phi) is 22.5. The number of allylic oxidation sites excluding steroid dienone is 1. The first-order valence-electron chi connectivity index (χ1n) is 35.1. The summed E-state index contributed by atoms with van der Waals surface area (Å²) in [5.74, 6) is -0.332. The van der Waals surface area contributed by atoms with Crippen molar-refractivity contribution in [1.29, 1.82) is 0 Å². The van der Waals surface area contributed by atoms with Crippen molar-refractivity contribution >= 4 is 5.78 Å². The second kappa shape index (κ2) is 29.4. The van der Waals surface area contributed by atoms with Crippen LogP contribution < -0.4 is 0 Å². The van der Waals surface area contributed by atoms with Gasteiger partial charge in [0.2, 0.25) is 6.29 Å². The SMILES string of the molecule is COC1=C[C@@H](C)O[C@@H](O[C@H]2CC[C@@]3(C)C(=CC[C@@H]4[C@@H]3CC[C@@]3(C)[C@H]4CC[C@]3(O)[C@H](C)O[C@H]3C[C@H]4OCO[C@@]5(C[C@@H](OC)[C@H](O[C@H]6C[C@H](O)[C@H](O[C@H]7C[C@H](OC)[C@H](O[C@H]8C[C@H](OC)[C@H](O[C@@H]9O[C@H](C)[C@H](O)[C@H](OC)[C@H]9O)[C@@H](C)O8)[C@@H](C)O7)[C@@H](C)O6)[C@@H](C)O5)O[C@@H]4[C@@H](C)O3)C2)C1=O. The van der Waals surface area contributed by atoms with Gasteiger partial charge < -0.3 is 120 Å². The molecule has 0 radical (unpaired) electrons. The Morgan fingerprint density at radius 3 is 1.87 bits per heavy atom. The van der Waals surface area contributed by atoms with Crippen LogP contribution in [0, 0.1) is 28.6 Å². The van der Waals surface area contributed by atoms with E-state index in [1.54, 1.807) is 34.3 Å². The van der Waals surface area contributed by atoms with E-state index in [4.69, 9.17) is 99.5 Å². The fraction of sp³-hybridized carbons (Fsp3) is 0.928. The first-order chi connectivity index (χ1) is 45.3. The number of ether oxygens (including phenoxy) is 21. The lowest BCUT2D eigenvalue weighted by atomic mass is 9.46. The van der Waals surface area contributed by atoms with Gasteiger partial charge in [-0.3, -0.25) is 4.79 Å². The fourth-order valence-electron chi connectivity index (χ4n) is 18.9. The Labute approximate surface area is 559 Å². The number of rotatable bonds is 18. The van der Waals surface area contributed by atoms with Crippen LogP contribution in [0.15, 0.2) is 23.5 Å². The van der Waals surface area contributed by atoms with Gasteiger partial charge in [-0.05, 0) is 136 Å². The number of carbonyl (C=O) groups is 1. The van der Waals surface area contributed by atoms with Crippen molar-refractivity contribution in [3.63, 3.8) is 0 Å². The smallest absolute Gasteiger partial charge is 0.288 e. The molecule has 12 aliphatic rings. The summed E-state index contributed by atoms with van der Waals surface area (Å²) in [7, 11) is 7.68. The topological polar surface area (TPSA) is 292 Å². The Hall–Kier alpha value is -2.01. The minimum absolute atomic E-state index is 0.0134. The number of hydrogen-bond donors (Lipinski definition) is 4. The van der Waals surface area contributed by atoms with Crippen LogP contribution in [0.4, 0.5) is 0 Å². The minimum Gasteiger partial charge on any atom is -0.493 e. The molecule has 12 rings (SSSR count). The number of fused-ring (bicyclic) bond motifs is 6. The van der Waals surface area contributed by atoms with Gasteiger partial charge in [0.05, 0.1) is 105 Å². The van der Waals surface area contributed by atoms with E-state index in [1.807, 2.05) is 48.5 Å². The van der Waals surface area contributed by atoms with E-state index >= 15 is 0 Å². The number of aliphatic hydroxyl groups is 4. The van der Waals surface area contributed by atoms with Gasteiger partial charge in [0.1, 0.15) is 48.8 Å². The van der Waals surface area contributed by atoms with Crippen molar-refractivity contribution in [2.24, 2.45) is 28.6 Å². The molecule has 8 heterocycles. The van der Waals surface area contributed by atoms with Crippen LogP contribution in [0.3, 0.4) is 0 Å². The van der Waals surface area contributed by atoms with Crippen molar-refractivity contribution in [3.05, 3.63) is 23.5 Å². The highest BCUT2D eigenvalue weighted by molar-refractivity contribution is 5.96. The largest absolute Gasteiger partial charge is 0.493 e. The zero-order valence-corrected chi connectivity index (χ0v) is 58.2. The molecule has 95 heavy (non-hydrogen) atoms. The number of hydrogen-bond acceptors (Lipinski definition) is 26. The van der Waals surface area contributed by atoms with Crippen LogP contribution in [-0.2, 0) is 104 Å². The molecule has 10 fully saturated rings. The van der Waals surface area contributed by atoms with Crippen LogP contribution in [0.2, 0.25) is 0 Å². The zero-order chi connectivity index (χ0) is 67.8. The summed E-state index contributed by atoms with van der Waals surface area (Å²) in [6.45, 7) is 19.5. The maximum absolute atomic E-state index is 13.1. The molecule has 0 unspecified atom stereocenters. The molecular weight excluding hydrogens is 1240 g/mol. The minimum atomic E-state index is -1.57. The molecule has 542 valence electrons. The second-order valence-corrected chi connectivity index (χ2v) is 29.7. The Balaban J connectivity index is 0.601. The summed E-state index contributed by atoms with van der Waals surface area (Å²) in [5, 5.41) is 46.2. The highest BCUT2D eigenvalue weighted by Crippen LogP contribution is 2.68. The third-order valence-electron chi connectivity index (χ3n) is 24.2. The summed E-state index contributed by atoms with van der Waals surface area (Å²) in [6, 6.07) is 0. The summed E-state index contributed by atoms with van der Waals surface area (Å²) in [6.07, 6.45) is -6.89. The predicted molar refractivity (Wildman–Crippen MR) is 331 cm³/mol. The van der Waals surface area contributed by atoms with Gasteiger partial charge >= 0.3 is 0 Å². The molecular formula is C69H110O26. The molecule has 7 saturated heterocycles. The van der Waals surface area contributed by atoms with Crippen LogP contribution in [0.25, 0.3) is 0 Å². The molecule has 0 aromatic rings. The van der Waals surface area contributed by atoms with Crippen molar-refractivity contribution in [2.75, 3.05) is 42.3 Å². The molecule has 0 amide bonds. The number of Topliss-reactive ketones (excluding diaryl/α,β-unsaturated/α-hetero) is 1. The lowest BCUT2D eigenvalue weighted by Crippen LogP contribution is -2.62. The van der Waals surface area contributed by atoms with Crippen molar-refractivity contribution in [2.45, 2.75) is 336 Å². The molecule has 4 aliphatic carbocycles. The van der Waals surface area contributed by atoms with Crippen LogP contribution in [0.5, 0.6) is 0 Å². The average Bonchev–Trinajstić information content (AvgIpc) is 1.62. The van der Waals surface area contributed by atoms with Crippen LogP contribution >= 0.6 is 0 Å². The summed E-state index contributed by atoms with van der Waals surface area (Å²) in [5.41, 5.74) is -0.0232. The van der Waals surface area contributed by atoms with E-state index < -0.39 is 171 Å². The first-order valence-corrected chi connectivity index (χ1v) is 35.1. The first kappa shape index (κ1) is 72.8. The van der Waals surface area contributed by atoms with Crippen molar-refractivity contribution in [3.8, 4) is 0 Å². The second-order valence-electron chi connectivity index (χ2n) is 29.7. The monoisotopic (exact) mass is 1350 g/mol. The molecule has 35 atom stereocenters. The number of ketones is 1. The van der Waals surface area contributed by atoms with Gasteiger partial charge in [0, 0.05) is 59.5 Å². The fourth-order valence-corrected chi connectivity index (χ4v) is 18.9. The Morgan fingerprint density at radius 2 is 1.22 bits per heavy atom. The molecule has 8 aliphatic heterocycles. The summed E-state index contributed by atoms with van der Waals surface area (Å²) in [4.78, 5) is 13.1. The van der Waals surface area contributed by atoms with Gasteiger partial charge in [-0.25, -0.2) is 0 Å². The molecule has 0 aromatic carbocycles. The van der Waals surface area contributed by atoms with Crippen LogP contribution in [-0.4, -0.2) is 252 Å². The Bertz CT molecular complexity index is 2640.